The van der Waals surface area contributed by atoms with Crippen LogP contribution in [0.15, 0.2) is 30.6 Å². The van der Waals surface area contributed by atoms with Crippen LogP contribution in [-0.4, -0.2) is 21.1 Å². The van der Waals surface area contributed by atoms with E-state index >= 15 is 0 Å². The van der Waals surface area contributed by atoms with E-state index in [1.165, 1.54) is 12.4 Å². The van der Waals surface area contributed by atoms with Crippen molar-refractivity contribution in [3.8, 4) is 0 Å². The summed E-state index contributed by atoms with van der Waals surface area (Å²) in [5, 5.41) is 9.80. The molecule has 0 aliphatic heterocycles. The summed E-state index contributed by atoms with van der Waals surface area (Å²) in [6.45, 7) is 1.88. The monoisotopic (exact) mass is 229 g/mol. The van der Waals surface area contributed by atoms with Gasteiger partial charge in [0, 0.05) is 11.3 Å². The fourth-order valence-corrected chi connectivity index (χ4v) is 1.26. The van der Waals surface area contributed by atoms with Crippen molar-refractivity contribution < 1.29 is 4.79 Å². The van der Waals surface area contributed by atoms with Gasteiger partial charge in [-0.2, -0.15) is 5.10 Å². The second-order valence-electron chi connectivity index (χ2n) is 3.49. The predicted molar refractivity (Wildman–Crippen MR) is 63.4 cm³/mol. The van der Waals surface area contributed by atoms with Crippen molar-refractivity contribution in [2.45, 2.75) is 6.92 Å². The summed E-state index contributed by atoms with van der Waals surface area (Å²) >= 11 is 0. The lowest BCUT2D eigenvalue weighted by atomic mass is 10.1. The van der Waals surface area contributed by atoms with Gasteiger partial charge >= 0.3 is 0 Å². The molecule has 0 atom stereocenters. The molecule has 17 heavy (non-hydrogen) atoms. The number of aryl methyl sites for hydroxylation is 1. The number of aromatic nitrogens is 3. The zero-order valence-electron chi connectivity index (χ0n) is 9.21. The molecule has 1 amide bonds. The second kappa shape index (κ2) is 4.56. The topological polar surface area (TPSA) is 93.8 Å². The Hall–Kier alpha value is -2.50. The molecule has 6 heteroatoms. The van der Waals surface area contributed by atoms with E-state index in [0.29, 0.717) is 11.3 Å². The molecule has 0 radical (unpaired) electrons. The predicted octanol–water partition coefficient (Wildman–Crippen LogP) is 1.01. The highest BCUT2D eigenvalue weighted by atomic mass is 16.1. The number of carbonyl (C=O) groups is 1. The Balaban J connectivity index is 2.18. The number of rotatable bonds is 2. The number of nitrogens with zero attached hydrogens (tertiary/aromatic N) is 3. The van der Waals surface area contributed by atoms with Gasteiger partial charge in [-0.3, -0.25) is 10.1 Å². The van der Waals surface area contributed by atoms with E-state index in [-0.39, 0.29) is 11.9 Å². The maximum Gasteiger partial charge on any atom is 0.258 e. The van der Waals surface area contributed by atoms with Crippen LogP contribution in [0, 0.1) is 6.92 Å². The third-order valence-corrected chi connectivity index (χ3v) is 2.25. The highest BCUT2D eigenvalue weighted by Gasteiger charge is 2.08. The van der Waals surface area contributed by atoms with Crippen LogP contribution in [0.5, 0.6) is 0 Å². The van der Waals surface area contributed by atoms with Crippen LogP contribution in [0.2, 0.25) is 0 Å². The first kappa shape index (κ1) is 11.0. The van der Waals surface area contributed by atoms with Crippen LogP contribution in [-0.2, 0) is 0 Å². The molecule has 1 aromatic heterocycles. The van der Waals surface area contributed by atoms with Crippen molar-refractivity contribution in [1.82, 2.24) is 15.2 Å². The van der Waals surface area contributed by atoms with Crippen molar-refractivity contribution in [2.75, 3.05) is 11.1 Å². The summed E-state index contributed by atoms with van der Waals surface area (Å²) < 4.78 is 0. The molecule has 2 rings (SSSR count). The quantitative estimate of drug-likeness (QED) is 0.749. The summed E-state index contributed by atoms with van der Waals surface area (Å²) in [6, 6.07) is 5.09. The minimum Gasteiger partial charge on any atom is -0.398 e. The molecule has 2 aromatic rings. The average Bonchev–Trinajstić information content (AvgIpc) is 2.34. The van der Waals surface area contributed by atoms with Gasteiger partial charge < -0.3 is 5.73 Å². The van der Waals surface area contributed by atoms with Crippen molar-refractivity contribution >= 4 is 17.5 Å². The SMILES string of the molecule is Cc1ccc(C(=O)Nc2nccnn2)cc1N. The Morgan fingerprint density at radius 1 is 1.35 bits per heavy atom. The lowest BCUT2D eigenvalue weighted by molar-refractivity contribution is 0.102. The Bertz CT molecular complexity index is 541. The van der Waals surface area contributed by atoms with Crippen molar-refractivity contribution in [2.24, 2.45) is 0 Å². The molecule has 6 nitrogen and oxygen atoms in total. The fourth-order valence-electron chi connectivity index (χ4n) is 1.26. The molecular weight excluding hydrogens is 218 g/mol. The molecule has 0 saturated heterocycles. The molecule has 1 heterocycles. The summed E-state index contributed by atoms with van der Waals surface area (Å²) in [5.74, 6) is -0.152. The van der Waals surface area contributed by atoms with Gasteiger partial charge in [-0.15, -0.1) is 5.10 Å². The van der Waals surface area contributed by atoms with Crippen LogP contribution in [0.1, 0.15) is 15.9 Å². The zero-order valence-corrected chi connectivity index (χ0v) is 9.21. The Labute approximate surface area is 97.9 Å². The summed E-state index contributed by atoms with van der Waals surface area (Å²) in [4.78, 5) is 15.7. The maximum absolute atomic E-state index is 11.8. The van der Waals surface area contributed by atoms with E-state index in [1.807, 2.05) is 6.92 Å². The average molecular weight is 229 g/mol. The van der Waals surface area contributed by atoms with Crippen LogP contribution >= 0.6 is 0 Å². The van der Waals surface area contributed by atoms with Gasteiger partial charge in [0.15, 0.2) is 0 Å². The minimum absolute atomic E-state index is 0.164. The number of nitrogen functional groups attached to an aromatic ring is 1. The molecule has 3 N–H and O–H groups in total. The number of hydrogen-bond donors (Lipinski definition) is 2. The molecule has 0 spiro atoms. The molecule has 0 saturated carbocycles. The van der Waals surface area contributed by atoms with Crippen LogP contribution < -0.4 is 11.1 Å². The van der Waals surface area contributed by atoms with Gasteiger partial charge in [-0.25, -0.2) is 4.98 Å². The van der Waals surface area contributed by atoms with E-state index in [9.17, 15) is 4.79 Å². The summed E-state index contributed by atoms with van der Waals surface area (Å²) in [5.41, 5.74) is 7.69. The van der Waals surface area contributed by atoms with Crippen molar-refractivity contribution in [1.29, 1.82) is 0 Å². The number of nitrogens with two attached hydrogens (primary N) is 1. The molecule has 0 fully saturated rings. The summed E-state index contributed by atoms with van der Waals surface area (Å²) in [7, 11) is 0. The van der Waals surface area contributed by atoms with Crippen molar-refractivity contribution in [3.05, 3.63) is 41.7 Å². The highest BCUT2D eigenvalue weighted by molar-refractivity contribution is 6.03. The second-order valence-corrected chi connectivity index (χ2v) is 3.49. The first-order chi connectivity index (χ1) is 8.16. The number of benzene rings is 1. The van der Waals surface area contributed by atoms with Crippen LogP contribution in [0.25, 0.3) is 0 Å². The minimum atomic E-state index is -0.315. The lowest BCUT2D eigenvalue weighted by Crippen LogP contribution is -2.14. The molecule has 0 unspecified atom stereocenters. The maximum atomic E-state index is 11.8. The Morgan fingerprint density at radius 2 is 2.18 bits per heavy atom. The van der Waals surface area contributed by atoms with Gasteiger partial charge in [0.25, 0.3) is 5.91 Å². The summed E-state index contributed by atoms with van der Waals surface area (Å²) in [6.07, 6.45) is 2.88. The largest absolute Gasteiger partial charge is 0.398 e. The third-order valence-electron chi connectivity index (χ3n) is 2.25. The Kier molecular flexibility index (Phi) is 2.95. The standard InChI is InChI=1S/C11H11N5O/c1-7-2-3-8(6-9(7)12)10(17)15-11-13-4-5-14-16-11/h2-6H,12H2,1H3,(H,13,15,16,17). The zero-order chi connectivity index (χ0) is 12.3. The van der Waals surface area contributed by atoms with Crippen LogP contribution in [0.4, 0.5) is 11.6 Å². The number of hydrogen-bond acceptors (Lipinski definition) is 5. The molecule has 86 valence electrons. The molecular formula is C11H11N5O. The van der Waals surface area contributed by atoms with E-state index in [0.717, 1.165) is 5.56 Å². The first-order valence-corrected chi connectivity index (χ1v) is 4.98. The van der Waals surface area contributed by atoms with E-state index in [2.05, 4.69) is 20.5 Å². The van der Waals surface area contributed by atoms with E-state index < -0.39 is 0 Å². The Morgan fingerprint density at radius 3 is 2.82 bits per heavy atom. The number of carbonyl (C=O) groups excluding carboxylic acids is 1. The number of amides is 1. The molecule has 1 aromatic carbocycles. The highest BCUT2D eigenvalue weighted by Crippen LogP contribution is 2.13. The smallest absolute Gasteiger partial charge is 0.258 e. The normalized spacial score (nSPS) is 9.94. The molecule has 0 aliphatic carbocycles. The van der Waals surface area contributed by atoms with Crippen LogP contribution in [0.3, 0.4) is 0 Å². The molecule has 0 aliphatic rings. The molecule has 0 bridgehead atoms. The van der Waals surface area contributed by atoms with Gasteiger partial charge in [0.1, 0.15) is 0 Å². The number of anilines is 2. The van der Waals surface area contributed by atoms with Gasteiger partial charge in [0.05, 0.1) is 12.4 Å². The number of nitrogens with one attached hydrogen (secondary N) is 1. The van der Waals surface area contributed by atoms with Gasteiger partial charge in [0.2, 0.25) is 5.95 Å². The fraction of sp³-hybridized carbons (Fsp3) is 0.0909. The van der Waals surface area contributed by atoms with Gasteiger partial charge in [-0.1, -0.05) is 6.07 Å². The third kappa shape index (κ3) is 2.54. The first-order valence-electron chi connectivity index (χ1n) is 4.98. The van der Waals surface area contributed by atoms with Crippen molar-refractivity contribution in [3.63, 3.8) is 0 Å². The van der Waals surface area contributed by atoms with Gasteiger partial charge in [-0.05, 0) is 24.6 Å². The van der Waals surface area contributed by atoms with E-state index in [1.54, 1.807) is 18.2 Å². The lowest BCUT2D eigenvalue weighted by Gasteiger charge is -2.05. The van der Waals surface area contributed by atoms with E-state index in [4.69, 9.17) is 5.73 Å².